The van der Waals surface area contributed by atoms with E-state index in [1.165, 1.54) is 9.21 Å². The van der Waals surface area contributed by atoms with Crippen molar-refractivity contribution in [2.24, 2.45) is 11.8 Å². The molecular weight excluding hydrogens is 412 g/mol. The van der Waals surface area contributed by atoms with Crippen LogP contribution in [0.4, 0.5) is 5.69 Å². The molecule has 5 rings (SSSR count). The van der Waals surface area contributed by atoms with Crippen molar-refractivity contribution in [1.82, 2.24) is 4.90 Å². The molecule has 162 valence electrons. The number of fused-ring (bicyclic) bond motifs is 2. The fourth-order valence-corrected chi connectivity index (χ4v) is 7.05. The van der Waals surface area contributed by atoms with Gasteiger partial charge in [-0.05, 0) is 55.0 Å². The molecule has 1 saturated carbocycles. The topological polar surface area (TPSA) is 74.8 Å². The number of aryl methyl sites for hydroxylation is 1. The number of benzene rings is 2. The largest absolute Gasteiger partial charge is 0.278 e. The first-order valence-electron chi connectivity index (χ1n) is 10.9. The van der Waals surface area contributed by atoms with Gasteiger partial charge in [0.25, 0.3) is 10.0 Å². The second-order valence-corrected chi connectivity index (χ2v) is 10.6. The van der Waals surface area contributed by atoms with Gasteiger partial charge in [-0.25, -0.2) is 8.42 Å². The highest BCUT2D eigenvalue weighted by atomic mass is 32.2. The van der Waals surface area contributed by atoms with Crippen LogP contribution in [-0.2, 0) is 32.6 Å². The molecule has 3 aliphatic rings. The lowest BCUT2D eigenvalue weighted by molar-refractivity contribution is -0.140. The Balaban J connectivity index is 1.45. The maximum absolute atomic E-state index is 13.5. The van der Waals surface area contributed by atoms with E-state index < -0.39 is 10.0 Å². The fourth-order valence-electron chi connectivity index (χ4n) is 5.27. The van der Waals surface area contributed by atoms with E-state index >= 15 is 0 Å². The van der Waals surface area contributed by atoms with Gasteiger partial charge in [0, 0.05) is 6.54 Å². The summed E-state index contributed by atoms with van der Waals surface area (Å²) in [7, 11) is -3.74. The normalized spacial score (nSPS) is 23.3. The van der Waals surface area contributed by atoms with Crippen LogP contribution in [0.15, 0.2) is 47.4 Å². The molecule has 2 aliphatic heterocycles. The number of sulfonamides is 1. The van der Waals surface area contributed by atoms with E-state index in [0.29, 0.717) is 24.1 Å². The molecule has 2 amide bonds. The summed E-state index contributed by atoms with van der Waals surface area (Å²) in [6.07, 6.45) is 4.20. The van der Waals surface area contributed by atoms with Crippen molar-refractivity contribution in [3.63, 3.8) is 0 Å². The lowest BCUT2D eigenvalue weighted by Gasteiger charge is -2.22. The zero-order valence-electron chi connectivity index (χ0n) is 17.6. The first kappa shape index (κ1) is 20.2. The van der Waals surface area contributed by atoms with Crippen LogP contribution in [0.1, 0.15) is 42.4 Å². The molecular formula is C24H26N2O4S. The summed E-state index contributed by atoms with van der Waals surface area (Å²) in [4.78, 5) is 27.2. The van der Waals surface area contributed by atoms with Crippen molar-refractivity contribution < 1.29 is 18.0 Å². The molecule has 2 atom stereocenters. The van der Waals surface area contributed by atoms with Crippen LogP contribution >= 0.6 is 0 Å². The van der Waals surface area contributed by atoms with Crippen molar-refractivity contribution in [2.75, 3.05) is 10.8 Å². The third kappa shape index (κ3) is 3.26. The quantitative estimate of drug-likeness (QED) is 0.686. The monoisotopic (exact) mass is 438 g/mol. The van der Waals surface area contributed by atoms with Crippen LogP contribution in [0.5, 0.6) is 0 Å². The highest BCUT2D eigenvalue weighted by molar-refractivity contribution is 7.93. The Bertz CT molecular complexity index is 1150. The van der Waals surface area contributed by atoms with Gasteiger partial charge in [-0.3, -0.25) is 18.8 Å². The highest BCUT2D eigenvalue weighted by Gasteiger charge is 2.48. The number of hydrogen-bond donors (Lipinski definition) is 0. The lowest BCUT2D eigenvalue weighted by Crippen LogP contribution is -2.31. The van der Waals surface area contributed by atoms with Gasteiger partial charge in [0.1, 0.15) is 0 Å². The summed E-state index contributed by atoms with van der Waals surface area (Å²) in [5, 5.41) is 0. The summed E-state index contributed by atoms with van der Waals surface area (Å²) in [6, 6.07) is 12.8. The van der Waals surface area contributed by atoms with Crippen LogP contribution in [-0.4, -0.2) is 31.7 Å². The molecule has 0 unspecified atom stereocenters. The summed E-state index contributed by atoms with van der Waals surface area (Å²) >= 11 is 0. The smallest absolute Gasteiger partial charge is 0.264 e. The molecule has 2 aromatic rings. The summed E-state index contributed by atoms with van der Waals surface area (Å²) < 4.78 is 28.5. The first-order valence-corrected chi connectivity index (χ1v) is 12.4. The molecule has 6 nitrogen and oxygen atoms in total. The second kappa shape index (κ2) is 7.48. The molecule has 31 heavy (non-hydrogen) atoms. The van der Waals surface area contributed by atoms with Gasteiger partial charge in [0.2, 0.25) is 11.8 Å². The van der Waals surface area contributed by atoms with Crippen LogP contribution in [0.3, 0.4) is 0 Å². The van der Waals surface area contributed by atoms with E-state index in [4.69, 9.17) is 0 Å². The number of para-hydroxylation sites is 1. The zero-order chi connectivity index (χ0) is 21.8. The number of carbonyl (C=O) groups is 2. The van der Waals surface area contributed by atoms with Crippen LogP contribution in [0.2, 0.25) is 0 Å². The number of hydrogen-bond acceptors (Lipinski definition) is 4. The van der Waals surface area contributed by atoms with Gasteiger partial charge >= 0.3 is 0 Å². The molecule has 2 aromatic carbocycles. The van der Waals surface area contributed by atoms with Gasteiger partial charge in [-0.15, -0.1) is 0 Å². The minimum absolute atomic E-state index is 0.104. The van der Waals surface area contributed by atoms with Crippen molar-refractivity contribution in [1.29, 1.82) is 0 Å². The van der Waals surface area contributed by atoms with E-state index in [-0.39, 0.29) is 35.1 Å². The molecule has 1 saturated heterocycles. The lowest BCUT2D eigenvalue weighted by atomic mass is 9.81. The zero-order valence-corrected chi connectivity index (χ0v) is 18.4. The summed E-state index contributed by atoms with van der Waals surface area (Å²) in [6.45, 7) is 2.32. The van der Waals surface area contributed by atoms with Gasteiger partial charge in [0.05, 0.1) is 29.0 Å². The SMILES string of the molecule is Cc1ccc(CN2C(=O)[C@@H]3CCCC[C@H]3C2=O)cc1S(=O)(=O)N1CCc2ccccc21. The highest BCUT2D eigenvalue weighted by Crippen LogP contribution is 2.39. The van der Waals surface area contributed by atoms with E-state index in [0.717, 1.165) is 36.9 Å². The average molecular weight is 439 g/mol. The summed E-state index contributed by atoms with van der Waals surface area (Å²) in [5.74, 6) is -0.603. The first-order chi connectivity index (χ1) is 14.9. The number of rotatable bonds is 4. The Morgan fingerprint density at radius 2 is 1.65 bits per heavy atom. The van der Waals surface area contributed by atoms with Gasteiger partial charge < -0.3 is 0 Å². The van der Waals surface area contributed by atoms with Gasteiger partial charge in [-0.1, -0.05) is 43.2 Å². The Labute approximate surface area is 182 Å². The Morgan fingerprint density at radius 3 is 2.35 bits per heavy atom. The molecule has 2 heterocycles. The third-order valence-electron chi connectivity index (χ3n) is 6.94. The Hall–Kier alpha value is -2.67. The number of amides is 2. The Morgan fingerprint density at radius 1 is 0.968 bits per heavy atom. The minimum atomic E-state index is -3.74. The maximum atomic E-state index is 13.5. The van der Waals surface area contributed by atoms with Crippen LogP contribution in [0.25, 0.3) is 0 Å². The summed E-state index contributed by atoms with van der Waals surface area (Å²) in [5.41, 5.74) is 3.06. The minimum Gasteiger partial charge on any atom is -0.278 e. The van der Waals surface area contributed by atoms with Crippen LogP contribution in [0, 0.1) is 18.8 Å². The van der Waals surface area contributed by atoms with E-state index in [9.17, 15) is 18.0 Å². The van der Waals surface area contributed by atoms with Crippen molar-refractivity contribution in [2.45, 2.75) is 50.5 Å². The molecule has 0 aromatic heterocycles. The number of carbonyl (C=O) groups excluding carboxylic acids is 2. The molecule has 2 fully saturated rings. The predicted molar refractivity (Wildman–Crippen MR) is 117 cm³/mol. The molecule has 0 N–H and O–H groups in total. The van der Waals surface area contributed by atoms with Crippen molar-refractivity contribution in [3.05, 3.63) is 59.2 Å². The molecule has 0 spiro atoms. The van der Waals surface area contributed by atoms with Crippen LogP contribution < -0.4 is 4.31 Å². The predicted octanol–water partition coefficient (Wildman–Crippen LogP) is 3.42. The van der Waals surface area contributed by atoms with E-state index in [1.54, 1.807) is 19.1 Å². The number of nitrogens with zero attached hydrogens (tertiary/aromatic N) is 2. The number of likely N-dealkylation sites (tertiary alicyclic amines) is 1. The molecule has 0 bridgehead atoms. The van der Waals surface area contributed by atoms with Gasteiger partial charge in [-0.2, -0.15) is 0 Å². The average Bonchev–Trinajstić information content (AvgIpc) is 3.31. The maximum Gasteiger partial charge on any atom is 0.264 e. The van der Waals surface area contributed by atoms with Gasteiger partial charge in [0.15, 0.2) is 0 Å². The Kier molecular flexibility index (Phi) is 4.88. The number of imide groups is 1. The van der Waals surface area contributed by atoms with E-state index in [1.807, 2.05) is 30.3 Å². The third-order valence-corrected chi connectivity index (χ3v) is 8.89. The standard InChI is InChI=1S/C24H26N2O4S/c1-16-10-11-17(15-25-23(27)19-7-3-4-8-20(19)24(25)28)14-22(16)31(29,30)26-13-12-18-6-2-5-9-21(18)26/h2,5-6,9-11,14,19-20H,3-4,7-8,12-13,15H2,1H3/t19-,20-/m1/s1. The fraction of sp³-hybridized carbons (Fsp3) is 0.417. The second-order valence-electron chi connectivity index (χ2n) is 8.82. The molecule has 1 aliphatic carbocycles. The number of anilines is 1. The van der Waals surface area contributed by atoms with E-state index in [2.05, 4.69) is 0 Å². The molecule has 7 heteroatoms. The van der Waals surface area contributed by atoms with Crippen molar-refractivity contribution >= 4 is 27.5 Å². The molecule has 0 radical (unpaired) electrons. The van der Waals surface area contributed by atoms with Crippen molar-refractivity contribution in [3.8, 4) is 0 Å².